The van der Waals surface area contributed by atoms with Crippen LogP contribution in [0.5, 0.6) is 0 Å². The molecule has 0 aromatic carbocycles. The summed E-state index contributed by atoms with van der Waals surface area (Å²) in [7, 11) is 0. The van der Waals surface area contributed by atoms with E-state index in [1.165, 1.54) is 27.6 Å². The Balaban J connectivity index is 0. The predicted molar refractivity (Wildman–Crippen MR) is 61.8 cm³/mol. The van der Waals surface area contributed by atoms with Gasteiger partial charge < -0.3 is 5.73 Å². The first-order chi connectivity index (χ1) is 5.45. The zero-order valence-electron chi connectivity index (χ0n) is 6.55. The van der Waals surface area contributed by atoms with E-state index in [-0.39, 0.29) is 5.24 Å². The van der Waals surface area contributed by atoms with E-state index in [1.807, 2.05) is 12.5 Å². The van der Waals surface area contributed by atoms with Crippen LogP contribution in [0, 0.1) is 0 Å². The minimum absolute atomic E-state index is 0.218. The number of rotatable bonds is 2. The Morgan fingerprint density at radius 2 is 1.50 bits per heavy atom. The maximum absolute atomic E-state index is 10.4. The molecule has 0 unspecified atom stereocenters. The molecular formula is C4H10N2O2S4. The van der Waals surface area contributed by atoms with E-state index >= 15 is 0 Å². The van der Waals surface area contributed by atoms with Crippen molar-refractivity contribution in [2.45, 2.75) is 0 Å². The highest BCUT2D eigenvalue weighted by atomic mass is 32.2. The Hall–Kier alpha value is 0.340. The third kappa shape index (κ3) is 13.0. The number of carbonyl (C=O) groups excluding carboxylic acids is 2. The molecule has 2 amide bonds. The molecule has 0 aliphatic carbocycles. The highest BCUT2D eigenvalue weighted by Gasteiger charge is 2.03. The van der Waals surface area contributed by atoms with E-state index in [9.17, 15) is 4.79 Å². The minimum Gasteiger partial charge on any atom is -0.361 e. The molecule has 0 saturated heterocycles. The molecule has 2 N–H and O–H groups in total. The fraction of sp³-hybridized carbons (Fsp3) is 0.500. The van der Waals surface area contributed by atoms with Gasteiger partial charge in [-0.1, -0.05) is 25.3 Å². The van der Waals surface area contributed by atoms with E-state index < -0.39 is 5.24 Å². The molecule has 0 heterocycles. The molecule has 0 bridgehead atoms. The summed E-state index contributed by atoms with van der Waals surface area (Å²) in [6.45, 7) is 0. The predicted octanol–water partition coefficient (Wildman–Crippen LogP) is 1.89. The Morgan fingerprint density at radius 3 is 1.50 bits per heavy atom. The van der Waals surface area contributed by atoms with Gasteiger partial charge >= 0.3 is 0 Å². The van der Waals surface area contributed by atoms with Crippen LogP contribution >= 0.6 is 49.2 Å². The molecule has 0 spiro atoms. The number of primary amides is 1. The van der Waals surface area contributed by atoms with Crippen LogP contribution in [0.1, 0.15) is 0 Å². The SMILES string of the molecule is CSN(SC)C(=O)S.NC(=O)S. The molecule has 72 valence electrons. The van der Waals surface area contributed by atoms with Crippen molar-refractivity contribution in [3.8, 4) is 0 Å². The van der Waals surface area contributed by atoms with Crippen molar-refractivity contribution in [3.05, 3.63) is 0 Å². The fourth-order valence-corrected chi connectivity index (χ4v) is 1.63. The number of nitrogens with zero attached hydrogens (tertiary/aromatic N) is 1. The van der Waals surface area contributed by atoms with E-state index in [0.29, 0.717) is 0 Å². The molecule has 12 heavy (non-hydrogen) atoms. The lowest BCUT2D eigenvalue weighted by molar-refractivity contribution is 0.259. The zero-order valence-corrected chi connectivity index (χ0v) is 9.97. The van der Waals surface area contributed by atoms with Gasteiger partial charge in [-0.05, 0) is 23.9 Å². The van der Waals surface area contributed by atoms with Gasteiger partial charge in [0.1, 0.15) is 0 Å². The summed E-state index contributed by atoms with van der Waals surface area (Å²) in [5, 5.41) is -0.856. The van der Waals surface area contributed by atoms with Crippen molar-refractivity contribution < 1.29 is 9.59 Å². The van der Waals surface area contributed by atoms with E-state index in [4.69, 9.17) is 4.79 Å². The maximum Gasteiger partial charge on any atom is 0.298 e. The van der Waals surface area contributed by atoms with Gasteiger partial charge in [-0.15, -0.1) is 0 Å². The first-order valence-electron chi connectivity index (χ1n) is 2.55. The summed E-state index contributed by atoms with van der Waals surface area (Å²) in [4.78, 5) is 19.4. The second-order valence-corrected chi connectivity index (χ2v) is 3.76. The Labute approximate surface area is 91.1 Å². The lowest BCUT2D eigenvalue weighted by atomic mass is 11.4. The van der Waals surface area contributed by atoms with Crippen LogP contribution in [0.3, 0.4) is 0 Å². The molecule has 0 atom stereocenters. The third-order valence-electron chi connectivity index (χ3n) is 0.488. The van der Waals surface area contributed by atoms with Crippen LogP contribution in [0.15, 0.2) is 0 Å². The average Bonchev–Trinajstić information content (AvgIpc) is 1.87. The highest BCUT2D eigenvalue weighted by Crippen LogP contribution is 2.17. The van der Waals surface area contributed by atoms with Gasteiger partial charge in [0.25, 0.3) is 10.5 Å². The molecule has 0 saturated carbocycles. The van der Waals surface area contributed by atoms with Gasteiger partial charge in [0, 0.05) is 12.5 Å². The summed E-state index contributed by atoms with van der Waals surface area (Å²) in [5.41, 5.74) is 4.34. The topological polar surface area (TPSA) is 63.4 Å². The molecule has 8 heteroatoms. The maximum atomic E-state index is 10.4. The van der Waals surface area contributed by atoms with Crippen LogP contribution in [0.25, 0.3) is 0 Å². The lowest BCUT2D eigenvalue weighted by Crippen LogP contribution is -2.06. The van der Waals surface area contributed by atoms with Crippen molar-refractivity contribution in [3.63, 3.8) is 0 Å². The number of thiol groups is 2. The van der Waals surface area contributed by atoms with Crippen molar-refractivity contribution in [1.29, 1.82) is 0 Å². The smallest absolute Gasteiger partial charge is 0.298 e. The van der Waals surface area contributed by atoms with Gasteiger partial charge in [0.15, 0.2) is 0 Å². The van der Waals surface area contributed by atoms with Crippen LogP contribution < -0.4 is 5.73 Å². The third-order valence-corrected chi connectivity index (χ3v) is 2.85. The van der Waals surface area contributed by atoms with Crippen LogP contribution in [-0.2, 0) is 0 Å². The van der Waals surface area contributed by atoms with Gasteiger partial charge in [-0.2, -0.15) is 0 Å². The van der Waals surface area contributed by atoms with E-state index in [1.54, 1.807) is 0 Å². The Kier molecular flexibility index (Phi) is 11.7. The summed E-state index contributed by atoms with van der Waals surface area (Å²) in [6.07, 6.45) is 3.65. The molecule has 0 fully saturated rings. The van der Waals surface area contributed by atoms with Crippen molar-refractivity contribution >= 4 is 59.6 Å². The summed E-state index contributed by atoms with van der Waals surface area (Å²) in [5.74, 6) is 0. The van der Waals surface area contributed by atoms with Crippen molar-refractivity contribution in [2.75, 3.05) is 12.5 Å². The second kappa shape index (κ2) is 9.43. The highest BCUT2D eigenvalue weighted by molar-refractivity contribution is 8.14. The van der Waals surface area contributed by atoms with Crippen LogP contribution in [-0.4, -0.2) is 26.7 Å². The first kappa shape index (κ1) is 14.8. The number of carbonyl (C=O) groups is 2. The van der Waals surface area contributed by atoms with Gasteiger partial charge in [0.2, 0.25) is 0 Å². The molecule has 0 aromatic heterocycles. The normalized spacial score (nSPS) is 8.00. The van der Waals surface area contributed by atoms with Gasteiger partial charge in [-0.3, -0.25) is 9.59 Å². The van der Waals surface area contributed by atoms with Gasteiger partial charge in [0.05, 0.1) is 0 Å². The number of nitrogens with two attached hydrogens (primary N) is 1. The zero-order chi connectivity index (χ0) is 10.1. The first-order valence-corrected chi connectivity index (χ1v) is 5.81. The quantitative estimate of drug-likeness (QED) is 0.514. The molecule has 0 aliphatic rings. The molecule has 0 radical (unpaired) electrons. The molecule has 0 rings (SSSR count). The molecule has 4 nitrogen and oxygen atoms in total. The molecule has 0 aliphatic heterocycles. The number of amides is 2. The summed E-state index contributed by atoms with van der Waals surface area (Å²) >= 11 is 9.40. The second-order valence-electron chi connectivity index (χ2n) is 1.24. The molecule has 0 aromatic rings. The van der Waals surface area contributed by atoms with Crippen molar-refractivity contribution in [1.82, 2.24) is 3.71 Å². The largest absolute Gasteiger partial charge is 0.361 e. The Bertz CT molecular complexity index is 146. The monoisotopic (exact) mass is 246 g/mol. The van der Waals surface area contributed by atoms with Crippen molar-refractivity contribution in [2.24, 2.45) is 5.73 Å². The molecular weight excluding hydrogens is 236 g/mol. The average molecular weight is 246 g/mol. The standard InChI is InChI=1S/C3H7NOS3.CH3NOS/c1-7-4(8-2)3(5)6;2-1(3)4/h1-2H3,(H,5,6);(H3,2,3,4). The van der Waals surface area contributed by atoms with Crippen LogP contribution in [0.4, 0.5) is 9.59 Å². The number of hydrogen-bond acceptors (Lipinski definition) is 4. The summed E-state index contributed by atoms with van der Waals surface area (Å²) in [6, 6.07) is 0. The number of hydrogen-bond donors (Lipinski definition) is 3. The summed E-state index contributed by atoms with van der Waals surface area (Å²) < 4.78 is 1.48. The van der Waals surface area contributed by atoms with E-state index in [2.05, 4.69) is 31.0 Å². The van der Waals surface area contributed by atoms with E-state index in [0.717, 1.165) is 0 Å². The fourth-order valence-electron chi connectivity index (χ4n) is 0.231. The van der Waals surface area contributed by atoms with Crippen LogP contribution in [0.2, 0.25) is 0 Å². The minimum atomic E-state index is -0.639. The Morgan fingerprint density at radius 1 is 1.25 bits per heavy atom. The lowest BCUT2D eigenvalue weighted by Gasteiger charge is -2.10. The van der Waals surface area contributed by atoms with Gasteiger partial charge in [-0.25, -0.2) is 3.71 Å².